The van der Waals surface area contributed by atoms with Crippen LogP contribution in [0.15, 0.2) is 18.2 Å². The summed E-state index contributed by atoms with van der Waals surface area (Å²) in [6.45, 7) is 4.23. The standard InChI is InChI=1S/C13H16ClN3OS/c1-9-5-10(7-11(14)6-9)13-17-16-12(19-13)8-15-3-4-18-2/h5-7,15H,3-4,8H2,1-2H3. The number of hydrogen-bond acceptors (Lipinski definition) is 5. The molecule has 102 valence electrons. The van der Waals surface area contributed by atoms with Gasteiger partial charge in [-0.15, -0.1) is 10.2 Å². The van der Waals surface area contributed by atoms with Crippen LogP contribution in [0, 0.1) is 6.92 Å². The van der Waals surface area contributed by atoms with Crippen molar-refractivity contribution in [3.05, 3.63) is 33.8 Å². The first-order valence-electron chi connectivity index (χ1n) is 5.98. The Balaban J connectivity index is 2.03. The predicted molar refractivity (Wildman–Crippen MR) is 78.7 cm³/mol. The molecule has 0 spiro atoms. The third kappa shape index (κ3) is 4.24. The highest BCUT2D eigenvalue weighted by atomic mass is 35.5. The molecule has 0 amide bonds. The quantitative estimate of drug-likeness (QED) is 0.833. The molecular formula is C13H16ClN3OS. The molecule has 0 saturated heterocycles. The summed E-state index contributed by atoms with van der Waals surface area (Å²) in [6.07, 6.45) is 0. The molecule has 0 aliphatic carbocycles. The summed E-state index contributed by atoms with van der Waals surface area (Å²) in [5, 5.41) is 14.2. The first kappa shape index (κ1) is 14.4. The smallest absolute Gasteiger partial charge is 0.147 e. The van der Waals surface area contributed by atoms with Gasteiger partial charge in [0.2, 0.25) is 0 Å². The van der Waals surface area contributed by atoms with Crippen molar-refractivity contribution in [2.75, 3.05) is 20.3 Å². The van der Waals surface area contributed by atoms with E-state index in [4.69, 9.17) is 16.3 Å². The molecular weight excluding hydrogens is 282 g/mol. The monoisotopic (exact) mass is 297 g/mol. The molecule has 0 saturated carbocycles. The molecule has 0 aliphatic heterocycles. The van der Waals surface area contributed by atoms with Gasteiger partial charge in [-0.2, -0.15) is 0 Å². The second-order valence-corrected chi connectivity index (χ2v) is 5.69. The Morgan fingerprint density at radius 3 is 2.89 bits per heavy atom. The van der Waals surface area contributed by atoms with Gasteiger partial charge in [0.25, 0.3) is 0 Å². The lowest BCUT2D eigenvalue weighted by Crippen LogP contribution is -2.18. The Hall–Kier alpha value is -1.01. The predicted octanol–water partition coefficient (Wildman–Crippen LogP) is 2.90. The average Bonchev–Trinajstić information content (AvgIpc) is 2.82. The molecule has 1 aromatic heterocycles. The highest BCUT2D eigenvalue weighted by molar-refractivity contribution is 7.14. The second kappa shape index (κ2) is 6.96. The highest BCUT2D eigenvalue weighted by Gasteiger charge is 2.07. The van der Waals surface area contributed by atoms with Gasteiger partial charge >= 0.3 is 0 Å². The fourth-order valence-electron chi connectivity index (χ4n) is 1.67. The van der Waals surface area contributed by atoms with Crippen LogP contribution >= 0.6 is 22.9 Å². The Bertz CT molecular complexity index is 524. The van der Waals surface area contributed by atoms with Crippen LogP contribution < -0.4 is 5.32 Å². The molecule has 1 aromatic carbocycles. The van der Waals surface area contributed by atoms with Gasteiger partial charge in [-0.05, 0) is 30.7 Å². The van der Waals surface area contributed by atoms with Crippen LogP contribution in [-0.4, -0.2) is 30.5 Å². The molecule has 6 heteroatoms. The van der Waals surface area contributed by atoms with E-state index in [1.54, 1.807) is 18.4 Å². The summed E-state index contributed by atoms with van der Waals surface area (Å²) in [5.74, 6) is 0. The lowest BCUT2D eigenvalue weighted by atomic mass is 10.1. The largest absolute Gasteiger partial charge is 0.383 e. The minimum Gasteiger partial charge on any atom is -0.383 e. The van der Waals surface area contributed by atoms with E-state index < -0.39 is 0 Å². The Labute approximate surface area is 121 Å². The van der Waals surface area contributed by atoms with Crippen molar-refractivity contribution in [1.82, 2.24) is 15.5 Å². The first-order chi connectivity index (χ1) is 9.19. The molecule has 2 aromatic rings. The van der Waals surface area contributed by atoms with E-state index in [2.05, 4.69) is 21.6 Å². The zero-order valence-corrected chi connectivity index (χ0v) is 12.5. The van der Waals surface area contributed by atoms with Crippen molar-refractivity contribution in [2.24, 2.45) is 0 Å². The number of hydrogen-bond donors (Lipinski definition) is 1. The maximum absolute atomic E-state index is 6.06. The minimum absolute atomic E-state index is 0.694. The van der Waals surface area contributed by atoms with Gasteiger partial charge in [0.05, 0.1) is 6.61 Å². The first-order valence-corrected chi connectivity index (χ1v) is 7.18. The molecule has 0 atom stereocenters. The number of nitrogens with zero attached hydrogens (tertiary/aromatic N) is 2. The van der Waals surface area contributed by atoms with Gasteiger partial charge in [-0.3, -0.25) is 0 Å². The zero-order valence-electron chi connectivity index (χ0n) is 10.9. The summed E-state index contributed by atoms with van der Waals surface area (Å²) in [5.41, 5.74) is 2.14. The molecule has 0 bridgehead atoms. The van der Waals surface area contributed by atoms with Gasteiger partial charge in [0, 0.05) is 30.8 Å². The van der Waals surface area contributed by atoms with E-state index in [0.717, 1.165) is 32.7 Å². The Morgan fingerprint density at radius 2 is 2.16 bits per heavy atom. The molecule has 1 heterocycles. The van der Waals surface area contributed by atoms with Gasteiger partial charge in [-0.25, -0.2) is 0 Å². The highest BCUT2D eigenvalue weighted by Crippen LogP contribution is 2.27. The van der Waals surface area contributed by atoms with E-state index in [1.807, 2.05) is 19.1 Å². The average molecular weight is 298 g/mol. The molecule has 1 N–H and O–H groups in total. The molecule has 19 heavy (non-hydrogen) atoms. The summed E-state index contributed by atoms with van der Waals surface area (Å²) in [6, 6.07) is 5.91. The topological polar surface area (TPSA) is 47.0 Å². The maximum Gasteiger partial charge on any atom is 0.147 e. The Morgan fingerprint density at radius 1 is 1.32 bits per heavy atom. The molecule has 0 aliphatic rings. The number of halogens is 1. The van der Waals surface area contributed by atoms with Gasteiger partial charge in [0.15, 0.2) is 0 Å². The van der Waals surface area contributed by atoms with E-state index >= 15 is 0 Å². The van der Waals surface area contributed by atoms with Gasteiger partial charge < -0.3 is 10.1 Å². The lowest BCUT2D eigenvalue weighted by Gasteiger charge is -2.00. The zero-order chi connectivity index (χ0) is 13.7. The van der Waals surface area contributed by atoms with Gasteiger partial charge in [0.1, 0.15) is 10.0 Å². The van der Waals surface area contributed by atoms with Crippen molar-refractivity contribution < 1.29 is 4.74 Å². The van der Waals surface area contributed by atoms with Crippen LogP contribution in [0.5, 0.6) is 0 Å². The molecule has 4 nitrogen and oxygen atoms in total. The van der Waals surface area contributed by atoms with E-state index in [0.29, 0.717) is 13.2 Å². The fraction of sp³-hybridized carbons (Fsp3) is 0.385. The van der Waals surface area contributed by atoms with E-state index in [1.165, 1.54) is 0 Å². The number of ether oxygens (including phenoxy) is 1. The molecule has 0 unspecified atom stereocenters. The van der Waals surface area contributed by atoms with E-state index in [-0.39, 0.29) is 0 Å². The number of benzene rings is 1. The lowest BCUT2D eigenvalue weighted by molar-refractivity contribution is 0.199. The van der Waals surface area contributed by atoms with Gasteiger partial charge in [-0.1, -0.05) is 22.9 Å². The van der Waals surface area contributed by atoms with Crippen molar-refractivity contribution in [2.45, 2.75) is 13.5 Å². The van der Waals surface area contributed by atoms with Crippen molar-refractivity contribution in [3.63, 3.8) is 0 Å². The van der Waals surface area contributed by atoms with Crippen molar-refractivity contribution in [1.29, 1.82) is 0 Å². The van der Waals surface area contributed by atoms with Crippen LogP contribution in [0.3, 0.4) is 0 Å². The number of nitrogens with one attached hydrogen (secondary N) is 1. The summed E-state index contributed by atoms with van der Waals surface area (Å²) >= 11 is 7.63. The van der Waals surface area contributed by atoms with Crippen LogP contribution in [0.25, 0.3) is 10.6 Å². The van der Waals surface area contributed by atoms with Crippen LogP contribution in [0.4, 0.5) is 0 Å². The van der Waals surface area contributed by atoms with Crippen LogP contribution in [0.2, 0.25) is 5.02 Å². The third-order valence-electron chi connectivity index (χ3n) is 2.52. The maximum atomic E-state index is 6.06. The van der Waals surface area contributed by atoms with Crippen LogP contribution in [0.1, 0.15) is 10.6 Å². The third-order valence-corrected chi connectivity index (χ3v) is 3.71. The molecule has 0 radical (unpaired) electrons. The SMILES string of the molecule is COCCNCc1nnc(-c2cc(C)cc(Cl)c2)s1. The Kier molecular flexibility index (Phi) is 5.27. The molecule has 2 rings (SSSR count). The van der Waals surface area contributed by atoms with Crippen molar-refractivity contribution in [3.8, 4) is 10.6 Å². The number of rotatable bonds is 6. The minimum atomic E-state index is 0.694. The number of aromatic nitrogens is 2. The van der Waals surface area contributed by atoms with E-state index in [9.17, 15) is 0 Å². The summed E-state index contributed by atoms with van der Waals surface area (Å²) < 4.78 is 4.97. The summed E-state index contributed by atoms with van der Waals surface area (Å²) in [7, 11) is 1.69. The normalized spacial score (nSPS) is 10.9. The van der Waals surface area contributed by atoms with Crippen molar-refractivity contribution >= 4 is 22.9 Å². The second-order valence-electron chi connectivity index (χ2n) is 4.19. The summed E-state index contributed by atoms with van der Waals surface area (Å²) in [4.78, 5) is 0. The number of methoxy groups -OCH3 is 1. The fourth-order valence-corrected chi connectivity index (χ4v) is 2.76. The molecule has 0 fully saturated rings. The number of aryl methyl sites for hydroxylation is 1. The van der Waals surface area contributed by atoms with Crippen LogP contribution in [-0.2, 0) is 11.3 Å².